The van der Waals surface area contributed by atoms with Gasteiger partial charge in [-0.3, -0.25) is 9.78 Å². The molecule has 0 atom stereocenters. The van der Waals surface area contributed by atoms with Crippen LogP contribution in [0.4, 0.5) is 10.2 Å². The van der Waals surface area contributed by atoms with Crippen molar-refractivity contribution in [2.75, 3.05) is 11.9 Å². The highest BCUT2D eigenvalue weighted by Crippen LogP contribution is 2.12. The van der Waals surface area contributed by atoms with E-state index in [1.807, 2.05) is 0 Å². The summed E-state index contributed by atoms with van der Waals surface area (Å²) in [5, 5.41) is 2.56. The molecule has 0 unspecified atom stereocenters. The molecule has 1 aromatic carbocycles. The molecule has 0 aliphatic heterocycles. The Morgan fingerprint density at radius 3 is 2.95 bits per heavy atom. The number of carbonyl (C=O) groups is 1. The average molecular weight is 270 g/mol. The normalized spacial score (nSPS) is 9.50. The van der Waals surface area contributed by atoms with Crippen molar-refractivity contribution < 1.29 is 9.18 Å². The first-order chi connectivity index (χ1) is 9.70. The molecule has 1 amide bonds. The maximum atomic E-state index is 13.2. The molecule has 0 radical (unpaired) electrons. The van der Waals surface area contributed by atoms with Gasteiger partial charge in [-0.1, -0.05) is 11.8 Å². The third-order valence-electron chi connectivity index (χ3n) is 2.36. The first-order valence-electron chi connectivity index (χ1n) is 5.76. The van der Waals surface area contributed by atoms with Gasteiger partial charge in [-0.15, -0.1) is 0 Å². The molecule has 6 heteroatoms. The molecule has 0 saturated heterocycles. The number of hydrogen-bond donors (Lipinski definition) is 2. The molecule has 0 aliphatic rings. The van der Waals surface area contributed by atoms with Crippen molar-refractivity contribution in [2.24, 2.45) is 5.73 Å². The van der Waals surface area contributed by atoms with E-state index in [0.717, 1.165) is 0 Å². The number of benzene rings is 1. The van der Waals surface area contributed by atoms with Gasteiger partial charge in [-0.25, -0.2) is 9.37 Å². The summed E-state index contributed by atoms with van der Waals surface area (Å²) in [6.07, 6.45) is 4.35. The van der Waals surface area contributed by atoms with Crippen LogP contribution in [0.3, 0.4) is 0 Å². The molecule has 3 N–H and O–H groups in total. The summed E-state index contributed by atoms with van der Waals surface area (Å²) >= 11 is 0. The van der Waals surface area contributed by atoms with E-state index in [9.17, 15) is 9.18 Å². The maximum Gasteiger partial charge on any atom is 0.258 e. The lowest BCUT2D eigenvalue weighted by Crippen LogP contribution is -2.14. The topological polar surface area (TPSA) is 80.9 Å². The number of nitrogens with one attached hydrogen (secondary N) is 1. The van der Waals surface area contributed by atoms with Crippen molar-refractivity contribution >= 4 is 11.7 Å². The monoisotopic (exact) mass is 270 g/mol. The van der Waals surface area contributed by atoms with Crippen LogP contribution < -0.4 is 11.1 Å². The van der Waals surface area contributed by atoms with Crippen molar-refractivity contribution in [2.45, 2.75) is 0 Å². The van der Waals surface area contributed by atoms with Gasteiger partial charge in [-0.2, -0.15) is 0 Å². The summed E-state index contributed by atoms with van der Waals surface area (Å²) in [6.45, 7) is 0.127. The number of nitrogens with zero attached hydrogens (tertiary/aromatic N) is 2. The van der Waals surface area contributed by atoms with Crippen LogP contribution in [0.2, 0.25) is 0 Å². The van der Waals surface area contributed by atoms with Gasteiger partial charge in [-0.05, 0) is 18.2 Å². The minimum absolute atomic E-state index is 0.127. The minimum Gasteiger partial charge on any atom is -0.320 e. The van der Waals surface area contributed by atoms with Crippen molar-refractivity contribution in [3.05, 3.63) is 53.7 Å². The quantitative estimate of drug-likeness (QED) is 0.803. The van der Waals surface area contributed by atoms with Gasteiger partial charge in [0.25, 0.3) is 5.91 Å². The second-order valence-corrected chi connectivity index (χ2v) is 3.74. The number of rotatable bonds is 2. The molecule has 5 nitrogen and oxygen atoms in total. The molecule has 0 saturated carbocycles. The third-order valence-corrected chi connectivity index (χ3v) is 2.36. The summed E-state index contributed by atoms with van der Waals surface area (Å²) in [5.74, 6) is 4.66. The fourth-order valence-corrected chi connectivity index (χ4v) is 1.51. The Balaban J connectivity index is 2.30. The fraction of sp³-hybridized carbons (Fsp3) is 0.0714. The van der Waals surface area contributed by atoms with Crippen LogP contribution in [0.25, 0.3) is 0 Å². The van der Waals surface area contributed by atoms with E-state index in [1.165, 1.54) is 36.8 Å². The fourth-order valence-electron chi connectivity index (χ4n) is 1.51. The molecule has 20 heavy (non-hydrogen) atoms. The lowest BCUT2D eigenvalue weighted by atomic mass is 10.1. The average Bonchev–Trinajstić information content (AvgIpc) is 2.46. The van der Waals surface area contributed by atoms with Crippen molar-refractivity contribution in [1.29, 1.82) is 0 Å². The van der Waals surface area contributed by atoms with Crippen LogP contribution in [0, 0.1) is 17.7 Å². The largest absolute Gasteiger partial charge is 0.320 e. The van der Waals surface area contributed by atoms with Gasteiger partial charge in [0.15, 0.2) is 5.82 Å². The molecular formula is C14H11FN4O. The van der Waals surface area contributed by atoms with Gasteiger partial charge in [0.05, 0.1) is 18.3 Å². The highest BCUT2D eigenvalue weighted by molar-refractivity contribution is 6.05. The molecule has 2 aromatic rings. The number of hydrogen-bond acceptors (Lipinski definition) is 4. The Bertz CT molecular complexity index is 677. The number of anilines is 1. The molecule has 0 bridgehead atoms. The van der Waals surface area contributed by atoms with E-state index in [-0.39, 0.29) is 17.7 Å². The Morgan fingerprint density at radius 2 is 2.25 bits per heavy atom. The molecule has 100 valence electrons. The number of nitrogens with two attached hydrogens (primary N) is 1. The molecule has 1 aromatic heterocycles. The summed E-state index contributed by atoms with van der Waals surface area (Å²) in [7, 11) is 0. The van der Waals surface area contributed by atoms with Gasteiger partial charge >= 0.3 is 0 Å². The third kappa shape index (κ3) is 3.37. The lowest BCUT2D eigenvalue weighted by Gasteiger charge is -2.06. The highest BCUT2D eigenvalue weighted by atomic mass is 19.1. The van der Waals surface area contributed by atoms with Crippen LogP contribution >= 0.6 is 0 Å². The molecular weight excluding hydrogens is 259 g/mol. The van der Waals surface area contributed by atoms with Gasteiger partial charge < -0.3 is 11.1 Å². The Morgan fingerprint density at radius 1 is 1.40 bits per heavy atom. The predicted octanol–water partition coefficient (Wildman–Crippen LogP) is 1.18. The standard InChI is InChI=1S/C14H11FN4O/c15-11-3-4-12(10(8-11)2-1-5-16)14(20)19-13-9-17-6-7-18-13/h3-4,6-9H,5,16H2,(H,18,19,20). The SMILES string of the molecule is NCC#Cc1cc(F)ccc1C(=O)Nc1cnccn1. The summed E-state index contributed by atoms with van der Waals surface area (Å²) < 4.78 is 13.2. The second-order valence-electron chi connectivity index (χ2n) is 3.74. The van der Waals surface area contributed by atoms with E-state index in [4.69, 9.17) is 5.73 Å². The van der Waals surface area contributed by atoms with Gasteiger partial charge in [0.2, 0.25) is 0 Å². The van der Waals surface area contributed by atoms with Crippen LogP contribution in [0.5, 0.6) is 0 Å². The van der Waals surface area contributed by atoms with Crippen molar-refractivity contribution in [3.63, 3.8) is 0 Å². The van der Waals surface area contributed by atoms with Crippen LogP contribution in [0.1, 0.15) is 15.9 Å². The zero-order chi connectivity index (χ0) is 14.4. The molecule has 2 rings (SSSR count). The first kappa shape index (κ1) is 13.6. The molecule has 0 aliphatic carbocycles. The zero-order valence-electron chi connectivity index (χ0n) is 10.4. The number of amides is 1. The van der Waals surface area contributed by atoms with Crippen LogP contribution in [0.15, 0.2) is 36.8 Å². The Hall–Kier alpha value is -2.78. The second kappa shape index (κ2) is 6.41. The highest BCUT2D eigenvalue weighted by Gasteiger charge is 2.12. The Labute approximate surface area is 115 Å². The summed E-state index contributed by atoms with van der Waals surface area (Å²) in [4.78, 5) is 19.9. The predicted molar refractivity (Wildman–Crippen MR) is 72.3 cm³/mol. The van der Waals surface area contributed by atoms with Crippen LogP contribution in [-0.2, 0) is 0 Å². The number of carbonyl (C=O) groups excluding carboxylic acids is 1. The van der Waals surface area contributed by atoms with E-state index < -0.39 is 11.7 Å². The molecule has 0 fully saturated rings. The van der Waals surface area contributed by atoms with E-state index in [2.05, 4.69) is 27.1 Å². The van der Waals surface area contributed by atoms with Crippen LogP contribution in [-0.4, -0.2) is 22.4 Å². The van der Waals surface area contributed by atoms with E-state index in [1.54, 1.807) is 0 Å². The zero-order valence-corrected chi connectivity index (χ0v) is 10.4. The smallest absolute Gasteiger partial charge is 0.258 e. The molecule has 1 heterocycles. The lowest BCUT2D eigenvalue weighted by molar-refractivity contribution is 0.102. The summed E-state index contributed by atoms with van der Waals surface area (Å²) in [5.41, 5.74) is 5.80. The van der Waals surface area contributed by atoms with Gasteiger partial charge in [0, 0.05) is 18.0 Å². The van der Waals surface area contributed by atoms with E-state index >= 15 is 0 Å². The maximum absolute atomic E-state index is 13.2. The minimum atomic E-state index is -0.470. The van der Waals surface area contributed by atoms with E-state index in [0.29, 0.717) is 5.82 Å². The van der Waals surface area contributed by atoms with Gasteiger partial charge in [0.1, 0.15) is 5.82 Å². The Kier molecular flexibility index (Phi) is 4.37. The number of aromatic nitrogens is 2. The first-order valence-corrected chi connectivity index (χ1v) is 5.76. The molecule has 0 spiro atoms. The summed E-state index contributed by atoms with van der Waals surface area (Å²) in [6, 6.07) is 3.75. The van der Waals surface area contributed by atoms with Crippen molar-refractivity contribution in [3.8, 4) is 11.8 Å². The number of halogens is 1. The van der Waals surface area contributed by atoms with Crippen molar-refractivity contribution in [1.82, 2.24) is 9.97 Å².